The summed E-state index contributed by atoms with van der Waals surface area (Å²) in [7, 11) is 0. The van der Waals surface area contributed by atoms with Crippen molar-refractivity contribution in [3.8, 4) is 22.8 Å². The standard InChI is InChI=1S/C21H18N8O/c1-11(2)21(30)24-13-8-12(9-22-10-13)14-5-6-15-17(25-14)18(29-28-15)20-26-16-4-3-7-23-19(16)27-20/h3-11H,1-2H3,(H,24,30)(H,28,29)(H,23,26,27). The molecule has 5 heterocycles. The Morgan fingerprint density at radius 1 is 1.13 bits per heavy atom. The molecule has 0 aromatic carbocycles. The number of hydrogen-bond acceptors (Lipinski definition) is 6. The van der Waals surface area contributed by atoms with Gasteiger partial charge in [0.1, 0.15) is 11.0 Å². The van der Waals surface area contributed by atoms with Crippen molar-refractivity contribution in [2.75, 3.05) is 5.32 Å². The topological polar surface area (TPSA) is 125 Å². The Morgan fingerprint density at radius 3 is 2.87 bits per heavy atom. The lowest BCUT2D eigenvalue weighted by atomic mass is 10.1. The number of anilines is 1. The number of nitrogens with one attached hydrogen (secondary N) is 3. The van der Waals surface area contributed by atoms with Gasteiger partial charge in [-0.25, -0.2) is 15.0 Å². The Hall–Kier alpha value is -4.14. The van der Waals surface area contributed by atoms with Gasteiger partial charge in [0, 0.05) is 23.9 Å². The maximum absolute atomic E-state index is 12.0. The fourth-order valence-electron chi connectivity index (χ4n) is 3.12. The lowest BCUT2D eigenvalue weighted by Gasteiger charge is -2.08. The first-order chi connectivity index (χ1) is 14.6. The zero-order chi connectivity index (χ0) is 20.7. The number of carbonyl (C=O) groups is 1. The van der Waals surface area contributed by atoms with Crippen LogP contribution in [-0.2, 0) is 4.79 Å². The number of nitrogens with zero attached hydrogens (tertiary/aromatic N) is 5. The van der Waals surface area contributed by atoms with Gasteiger partial charge in [-0.15, -0.1) is 0 Å². The van der Waals surface area contributed by atoms with E-state index in [1.165, 1.54) is 0 Å². The van der Waals surface area contributed by atoms with Crippen molar-refractivity contribution >= 4 is 33.8 Å². The molecule has 5 aromatic rings. The number of fused-ring (bicyclic) bond motifs is 2. The van der Waals surface area contributed by atoms with Gasteiger partial charge in [-0.3, -0.25) is 14.9 Å². The summed E-state index contributed by atoms with van der Waals surface area (Å²) in [6.07, 6.45) is 5.04. The van der Waals surface area contributed by atoms with Crippen LogP contribution >= 0.6 is 0 Å². The number of rotatable bonds is 4. The first-order valence-electron chi connectivity index (χ1n) is 9.51. The van der Waals surface area contributed by atoms with E-state index in [9.17, 15) is 4.79 Å². The van der Waals surface area contributed by atoms with E-state index in [1.807, 2.05) is 44.2 Å². The second kappa shape index (κ2) is 7.03. The number of pyridine rings is 3. The monoisotopic (exact) mass is 398 g/mol. The Labute approximate surface area is 171 Å². The summed E-state index contributed by atoms with van der Waals surface area (Å²) in [6, 6.07) is 9.37. The summed E-state index contributed by atoms with van der Waals surface area (Å²) in [6.45, 7) is 3.69. The second-order valence-electron chi connectivity index (χ2n) is 7.23. The maximum Gasteiger partial charge on any atom is 0.226 e. The van der Waals surface area contributed by atoms with E-state index in [1.54, 1.807) is 18.6 Å². The molecule has 30 heavy (non-hydrogen) atoms. The van der Waals surface area contributed by atoms with Gasteiger partial charge in [0.25, 0.3) is 0 Å². The minimum atomic E-state index is -0.116. The van der Waals surface area contributed by atoms with Crippen molar-refractivity contribution in [1.29, 1.82) is 0 Å². The van der Waals surface area contributed by atoms with Crippen LogP contribution in [0.2, 0.25) is 0 Å². The zero-order valence-corrected chi connectivity index (χ0v) is 16.3. The van der Waals surface area contributed by atoms with Crippen LogP contribution in [0.1, 0.15) is 13.8 Å². The number of amides is 1. The van der Waals surface area contributed by atoms with Gasteiger partial charge in [0.05, 0.1) is 23.1 Å². The fourth-order valence-corrected chi connectivity index (χ4v) is 3.12. The summed E-state index contributed by atoms with van der Waals surface area (Å²) in [5.74, 6) is 0.415. The summed E-state index contributed by atoms with van der Waals surface area (Å²) >= 11 is 0. The van der Waals surface area contributed by atoms with Crippen LogP contribution in [0.4, 0.5) is 5.69 Å². The number of hydrogen-bond donors (Lipinski definition) is 3. The average molecular weight is 398 g/mol. The molecule has 0 aliphatic rings. The highest BCUT2D eigenvalue weighted by atomic mass is 16.1. The molecule has 0 fully saturated rings. The summed E-state index contributed by atoms with van der Waals surface area (Å²) in [5.41, 5.74) is 5.67. The van der Waals surface area contributed by atoms with Crippen molar-refractivity contribution in [2.24, 2.45) is 5.92 Å². The third-order valence-corrected chi connectivity index (χ3v) is 4.71. The van der Waals surface area contributed by atoms with E-state index in [-0.39, 0.29) is 11.8 Å². The smallest absolute Gasteiger partial charge is 0.226 e. The highest BCUT2D eigenvalue weighted by molar-refractivity contribution is 5.93. The maximum atomic E-state index is 12.0. The molecule has 5 rings (SSSR count). The van der Waals surface area contributed by atoms with Crippen molar-refractivity contribution in [2.45, 2.75) is 13.8 Å². The van der Waals surface area contributed by atoms with Crippen LogP contribution in [0.25, 0.3) is 45.0 Å². The van der Waals surface area contributed by atoms with Gasteiger partial charge in [-0.1, -0.05) is 13.8 Å². The molecular weight excluding hydrogens is 380 g/mol. The quantitative estimate of drug-likeness (QED) is 0.425. The van der Waals surface area contributed by atoms with E-state index in [0.29, 0.717) is 34.1 Å². The van der Waals surface area contributed by atoms with Gasteiger partial charge in [-0.05, 0) is 30.3 Å². The van der Waals surface area contributed by atoms with Gasteiger partial charge >= 0.3 is 0 Å². The second-order valence-corrected chi connectivity index (χ2v) is 7.23. The van der Waals surface area contributed by atoms with Crippen LogP contribution in [-0.4, -0.2) is 41.0 Å². The molecule has 0 bridgehead atoms. The van der Waals surface area contributed by atoms with Crippen molar-refractivity contribution < 1.29 is 4.79 Å². The van der Waals surface area contributed by atoms with Crippen LogP contribution in [0.5, 0.6) is 0 Å². The first-order valence-corrected chi connectivity index (χ1v) is 9.51. The van der Waals surface area contributed by atoms with Crippen molar-refractivity contribution in [3.05, 3.63) is 48.9 Å². The third kappa shape index (κ3) is 3.16. The van der Waals surface area contributed by atoms with Gasteiger partial charge in [-0.2, -0.15) is 5.10 Å². The molecule has 148 valence electrons. The zero-order valence-electron chi connectivity index (χ0n) is 16.3. The molecule has 0 unspecified atom stereocenters. The molecule has 3 N–H and O–H groups in total. The van der Waals surface area contributed by atoms with E-state index in [0.717, 1.165) is 16.6 Å². The van der Waals surface area contributed by atoms with Crippen LogP contribution in [0, 0.1) is 5.92 Å². The number of aromatic amines is 2. The molecule has 9 heteroatoms. The van der Waals surface area contributed by atoms with E-state index < -0.39 is 0 Å². The Kier molecular flexibility index (Phi) is 4.20. The predicted octanol–water partition coefficient (Wildman–Crippen LogP) is 3.55. The largest absolute Gasteiger partial charge is 0.324 e. The lowest BCUT2D eigenvalue weighted by molar-refractivity contribution is -0.118. The minimum Gasteiger partial charge on any atom is -0.324 e. The molecule has 0 saturated heterocycles. The molecule has 0 spiro atoms. The average Bonchev–Trinajstić information content (AvgIpc) is 3.37. The van der Waals surface area contributed by atoms with E-state index in [4.69, 9.17) is 4.98 Å². The molecule has 5 aromatic heterocycles. The normalized spacial score (nSPS) is 11.4. The summed E-state index contributed by atoms with van der Waals surface area (Å²) in [4.78, 5) is 33.1. The molecule has 9 nitrogen and oxygen atoms in total. The Balaban J connectivity index is 1.55. The molecule has 0 atom stereocenters. The molecule has 0 aliphatic carbocycles. The highest BCUT2D eigenvalue weighted by Gasteiger charge is 2.16. The number of imidazole rings is 1. The Bertz CT molecular complexity index is 1350. The first kappa shape index (κ1) is 17.9. The van der Waals surface area contributed by atoms with Crippen molar-refractivity contribution in [3.63, 3.8) is 0 Å². The molecule has 0 saturated carbocycles. The summed E-state index contributed by atoms with van der Waals surface area (Å²) in [5, 5.41) is 10.3. The van der Waals surface area contributed by atoms with Gasteiger partial charge in [0.15, 0.2) is 17.2 Å². The van der Waals surface area contributed by atoms with Gasteiger partial charge in [0.2, 0.25) is 5.91 Å². The van der Waals surface area contributed by atoms with E-state index >= 15 is 0 Å². The Morgan fingerprint density at radius 2 is 2.03 bits per heavy atom. The number of aromatic nitrogens is 7. The fraction of sp³-hybridized carbons (Fsp3) is 0.143. The molecule has 0 aliphatic heterocycles. The lowest BCUT2D eigenvalue weighted by Crippen LogP contribution is -2.17. The number of carbonyl (C=O) groups excluding carboxylic acids is 1. The van der Waals surface area contributed by atoms with Crippen LogP contribution in [0.15, 0.2) is 48.9 Å². The molecule has 0 radical (unpaired) electrons. The molecule has 1 amide bonds. The minimum absolute atomic E-state index is 0.0621. The summed E-state index contributed by atoms with van der Waals surface area (Å²) < 4.78 is 0. The third-order valence-electron chi connectivity index (χ3n) is 4.71. The van der Waals surface area contributed by atoms with E-state index in [2.05, 4.69) is 35.5 Å². The van der Waals surface area contributed by atoms with Crippen molar-refractivity contribution in [1.82, 2.24) is 35.1 Å². The van der Waals surface area contributed by atoms with Gasteiger partial charge < -0.3 is 10.3 Å². The van der Waals surface area contributed by atoms with Crippen LogP contribution < -0.4 is 5.32 Å². The SMILES string of the molecule is CC(C)C(=O)Nc1cncc(-c2ccc3[nH]nc(-c4nc5cccnc5[nH]4)c3n2)c1. The molecular formula is C21H18N8O. The highest BCUT2D eigenvalue weighted by Crippen LogP contribution is 2.27. The number of H-pyrrole nitrogens is 2. The van der Waals surface area contributed by atoms with Crippen LogP contribution in [0.3, 0.4) is 0 Å². The predicted molar refractivity (Wildman–Crippen MR) is 113 cm³/mol.